The number of nitrogens with one attached hydrogen (secondary N) is 1. The predicted octanol–water partition coefficient (Wildman–Crippen LogP) is 3.59. The molecule has 1 atom stereocenters. The molecule has 1 fully saturated rings. The highest BCUT2D eigenvalue weighted by Gasteiger charge is 2.35. The zero-order valence-corrected chi connectivity index (χ0v) is 12.6. The predicted molar refractivity (Wildman–Crippen MR) is 75.5 cm³/mol. The van der Waals surface area contributed by atoms with Gasteiger partial charge in [0.25, 0.3) is 0 Å². The first kappa shape index (κ1) is 16.4. The Hall–Kier alpha value is -1.02. The molecule has 0 spiro atoms. The first-order valence-electron chi connectivity index (χ1n) is 6.93. The molecule has 1 saturated heterocycles. The molecular weight excluding hydrogens is 303 g/mol. The molecule has 0 amide bonds. The third-order valence-electron chi connectivity index (χ3n) is 2.95. The van der Waals surface area contributed by atoms with E-state index in [2.05, 4.69) is 15.3 Å². The van der Waals surface area contributed by atoms with Crippen LogP contribution in [0.25, 0.3) is 0 Å². The van der Waals surface area contributed by atoms with Gasteiger partial charge in [-0.05, 0) is 19.3 Å². The van der Waals surface area contributed by atoms with Gasteiger partial charge in [0, 0.05) is 25.0 Å². The smallest absolute Gasteiger partial charge is 0.377 e. The van der Waals surface area contributed by atoms with Gasteiger partial charge in [0.15, 0.2) is 0 Å². The van der Waals surface area contributed by atoms with E-state index in [1.165, 1.54) is 11.8 Å². The minimum atomic E-state index is -4.54. The summed E-state index contributed by atoms with van der Waals surface area (Å²) in [5.74, 6) is -0.269. The van der Waals surface area contributed by atoms with Gasteiger partial charge in [0.05, 0.1) is 6.10 Å². The van der Waals surface area contributed by atoms with Crippen LogP contribution in [-0.4, -0.2) is 35.0 Å². The van der Waals surface area contributed by atoms with Crippen molar-refractivity contribution < 1.29 is 17.9 Å². The van der Waals surface area contributed by atoms with Gasteiger partial charge < -0.3 is 10.1 Å². The van der Waals surface area contributed by atoms with Crippen molar-refractivity contribution in [3.8, 4) is 0 Å². The highest BCUT2D eigenvalue weighted by Crippen LogP contribution is 2.30. The van der Waals surface area contributed by atoms with E-state index in [0.29, 0.717) is 17.3 Å². The minimum Gasteiger partial charge on any atom is -0.377 e. The van der Waals surface area contributed by atoms with Crippen LogP contribution in [0, 0.1) is 0 Å². The molecule has 1 aliphatic rings. The van der Waals surface area contributed by atoms with Crippen molar-refractivity contribution in [2.45, 2.75) is 43.5 Å². The zero-order chi connectivity index (χ0) is 15.3. The van der Waals surface area contributed by atoms with E-state index in [9.17, 15) is 13.2 Å². The second-order valence-electron chi connectivity index (χ2n) is 4.79. The molecule has 1 unspecified atom stereocenters. The third kappa shape index (κ3) is 5.03. The van der Waals surface area contributed by atoms with Crippen LogP contribution in [0.3, 0.4) is 0 Å². The molecule has 8 heteroatoms. The van der Waals surface area contributed by atoms with Crippen LogP contribution in [-0.2, 0) is 10.9 Å². The standard InChI is InChI=1S/C13H18F3N3OS/c1-2-5-17-10-7-11(19-12(18-10)13(14,15)16)21-8-9-4-3-6-20-9/h7,9H,2-6,8H2,1H3,(H,17,18,19). The molecule has 0 aliphatic carbocycles. The Kier molecular flexibility index (Phi) is 5.69. The normalized spacial score (nSPS) is 19.0. The molecule has 0 radical (unpaired) electrons. The summed E-state index contributed by atoms with van der Waals surface area (Å²) in [6, 6.07) is 1.56. The molecule has 118 valence electrons. The molecular formula is C13H18F3N3OS. The van der Waals surface area contributed by atoms with Gasteiger partial charge in [-0.15, -0.1) is 11.8 Å². The van der Waals surface area contributed by atoms with Gasteiger partial charge in [-0.25, -0.2) is 9.97 Å². The Morgan fingerprint density at radius 1 is 1.43 bits per heavy atom. The molecule has 0 aromatic carbocycles. The first-order chi connectivity index (χ1) is 9.99. The number of aromatic nitrogens is 2. The number of hydrogen-bond acceptors (Lipinski definition) is 5. The molecule has 2 rings (SSSR count). The zero-order valence-electron chi connectivity index (χ0n) is 11.7. The summed E-state index contributed by atoms with van der Waals surface area (Å²) in [5.41, 5.74) is 0. The largest absolute Gasteiger partial charge is 0.451 e. The summed E-state index contributed by atoms with van der Waals surface area (Å²) < 4.78 is 43.9. The number of ether oxygens (including phenoxy) is 1. The Balaban J connectivity index is 2.09. The maximum Gasteiger partial charge on any atom is 0.451 e. The third-order valence-corrected chi connectivity index (χ3v) is 4.00. The van der Waals surface area contributed by atoms with Gasteiger partial charge in [0.2, 0.25) is 5.82 Å². The van der Waals surface area contributed by atoms with Gasteiger partial charge in [-0.3, -0.25) is 0 Å². The van der Waals surface area contributed by atoms with Gasteiger partial charge >= 0.3 is 6.18 Å². The number of hydrogen-bond donors (Lipinski definition) is 1. The lowest BCUT2D eigenvalue weighted by molar-refractivity contribution is -0.145. The van der Waals surface area contributed by atoms with Crippen LogP contribution in [0.1, 0.15) is 32.0 Å². The van der Waals surface area contributed by atoms with E-state index in [4.69, 9.17) is 4.74 Å². The van der Waals surface area contributed by atoms with E-state index in [1.807, 2.05) is 6.92 Å². The molecule has 21 heavy (non-hydrogen) atoms. The van der Waals surface area contributed by atoms with Crippen molar-refractivity contribution in [1.82, 2.24) is 9.97 Å². The van der Waals surface area contributed by atoms with Crippen LogP contribution in [0.5, 0.6) is 0 Å². The quantitative estimate of drug-likeness (QED) is 0.641. The van der Waals surface area contributed by atoms with Crippen molar-refractivity contribution in [3.63, 3.8) is 0 Å². The molecule has 0 saturated carbocycles. The molecule has 1 aliphatic heterocycles. The van der Waals surface area contributed by atoms with E-state index in [0.717, 1.165) is 25.9 Å². The summed E-state index contributed by atoms with van der Waals surface area (Å²) in [7, 11) is 0. The van der Waals surface area contributed by atoms with Gasteiger partial charge in [-0.2, -0.15) is 13.2 Å². The molecule has 1 aromatic rings. The van der Waals surface area contributed by atoms with Gasteiger partial charge in [-0.1, -0.05) is 6.92 Å². The number of thioether (sulfide) groups is 1. The fourth-order valence-electron chi connectivity index (χ4n) is 1.92. The second kappa shape index (κ2) is 7.31. The van der Waals surface area contributed by atoms with Crippen LogP contribution in [0.15, 0.2) is 11.1 Å². The van der Waals surface area contributed by atoms with E-state index < -0.39 is 12.0 Å². The SMILES string of the molecule is CCCNc1cc(SCC2CCCO2)nc(C(F)(F)F)n1. The molecule has 1 N–H and O–H groups in total. The van der Waals surface area contributed by atoms with E-state index in [-0.39, 0.29) is 11.9 Å². The molecule has 2 heterocycles. The average molecular weight is 321 g/mol. The lowest BCUT2D eigenvalue weighted by Crippen LogP contribution is -2.15. The lowest BCUT2D eigenvalue weighted by Gasteiger charge is -2.12. The summed E-state index contributed by atoms with van der Waals surface area (Å²) in [6.45, 7) is 3.24. The van der Waals surface area contributed by atoms with Crippen molar-refractivity contribution in [2.24, 2.45) is 0 Å². The van der Waals surface area contributed by atoms with Crippen LogP contribution < -0.4 is 5.32 Å². The van der Waals surface area contributed by atoms with Crippen molar-refractivity contribution in [3.05, 3.63) is 11.9 Å². The Morgan fingerprint density at radius 3 is 2.86 bits per heavy atom. The second-order valence-corrected chi connectivity index (χ2v) is 5.83. The summed E-state index contributed by atoms with van der Waals surface area (Å²) in [6.07, 6.45) is -1.67. The fraction of sp³-hybridized carbons (Fsp3) is 0.692. The molecule has 4 nitrogen and oxygen atoms in total. The highest BCUT2D eigenvalue weighted by atomic mass is 32.2. The van der Waals surface area contributed by atoms with Crippen molar-refractivity contribution >= 4 is 17.6 Å². The lowest BCUT2D eigenvalue weighted by atomic mass is 10.3. The van der Waals surface area contributed by atoms with Crippen molar-refractivity contribution in [1.29, 1.82) is 0 Å². The van der Waals surface area contributed by atoms with Crippen LogP contribution in [0.4, 0.5) is 19.0 Å². The molecule has 1 aromatic heterocycles. The van der Waals surface area contributed by atoms with Gasteiger partial charge in [0.1, 0.15) is 10.8 Å². The highest BCUT2D eigenvalue weighted by molar-refractivity contribution is 7.99. The Labute approximate surface area is 125 Å². The maximum atomic E-state index is 12.8. The Bertz CT molecular complexity index is 464. The first-order valence-corrected chi connectivity index (χ1v) is 7.92. The summed E-state index contributed by atoms with van der Waals surface area (Å²) in [4.78, 5) is 7.14. The number of rotatable bonds is 6. The van der Waals surface area contributed by atoms with Crippen LogP contribution >= 0.6 is 11.8 Å². The Morgan fingerprint density at radius 2 is 2.24 bits per heavy atom. The fourth-order valence-corrected chi connectivity index (χ4v) is 2.89. The minimum absolute atomic E-state index is 0.103. The number of halogens is 3. The average Bonchev–Trinajstić information content (AvgIpc) is 2.95. The van der Waals surface area contributed by atoms with E-state index >= 15 is 0 Å². The van der Waals surface area contributed by atoms with Crippen molar-refractivity contribution in [2.75, 3.05) is 24.2 Å². The number of alkyl halides is 3. The van der Waals surface area contributed by atoms with E-state index in [1.54, 1.807) is 6.07 Å². The molecule has 0 bridgehead atoms. The number of nitrogens with zero attached hydrogens (tertiary/aromatic N) is 2. The summed E-state index contributed by atoms with van der Waals surface area (Å²) >= 11 is 1.28. The van der Waals surface area contributed by atoms with Crippen LogP contribution in [0.2, 0.25) is 0 Å². The maximum absolute atomic E-state index is 12.8. The number of anilines is 1. The monoisotopic (exact) mass is 321 g/mol. The topological polar surface area (TPSA) is 47.0 Å². The summed E-state index contributed by atoms with van der Waals surface area (Å²) in [5, 5.41) is 3.20.